The number of para-hydroxylation sites is 1. The molecule has 1 aromatic heterocycles. The van der Waals surface area contributed by atoms with Crippen molar-refractivity contribution >= 4 is 28.8 Å². The van der Waals surface area contributed by atoms with Crippen molar-refractivity contribution in [1.82, 2.24) is 9.97 Å². The molecule has 0 aliphatic heterocycles. The van der Waals surface area contributed by atoms with Crippen LogP contribution in [0.3, 0.4) is 0 Å². The van der Waals surface area contributed by atoms with Crippen molar-refractivity contribution in [2.45, 2.75) is 0 Å². The maximum atomic E-state index is 10.7. The van der Waals surface area contributed by atoms with Crippen LogP contribution >= 0.6 is 0 Å². The van der Waals surface area contributed by atoms with Crippen LogP contribution in [0.1, 0.15) is 0 Å². The molecule has 1 heterocycles. The van der Waals surface area contributed by atoms with Gasteiger partial charge in [-0.3, -0.25) is 15.4 Å². The summed E-state index contributed by atoms with van der Waals surface area (Å²) >= 11 is 0. The van der Waals surface area contributed by atoms with Crippen LogP contribution in [0.5, 0.6) is 0 Å². The first-order valence-electron chi connectivity index (χ1n) is 4.21. The van der Waals surface area contributed by atoms with Crippen LogP contribution < -0.4 is 5.32 Å². The van der Waals surface area contributed by atoms with Crippen LogP contribution in [0, 0.1) is 10.1 Å². The highest BCUT2D eigenvalue weighted by atomic mass is 16.6. The van der Waals surface area contributed by atoms with E-state index in [2.05, 4.69) is 9.97 Å². The van der Waals surface area contributed by atoms with Crippen LogP contribution in [0.4, 0.5) is 16.4 Å². The molecule has 0 unspecified atom stereocenters. The van der Waals surface area contributed by atoms with Crippen molar-refractivity contribution in [3.8, 4) is 0 Å². The summed E-state index contributed by atoms with van der Waals surface area (Å²) in [6.45, 7) is 0. The Morgan fingerprint density at radius 1 is 1.56 bits per heavy atom. The highest BCUT2D eigenvalue weighted by molar-refractivity contribution is 5.89. The molecular weight excluding hydrogens is 216 g/mol. The third-order valence-corrected chi connectivity index (χ3v) is 1.91. The minimum absolute atomic E-state index is 0.0446. The minimum atomic E-state index is -1.29. The first-order chi connectivity index (χ1) is 7.58. The lowest BCUT2D eigenvalue weighted by molar-refractivity contribution is -0.383. The zero-order valence-electron chi connectivity index (χ0n) is 7.80. The van der Waals surface area contributed by atoms with Gasteiger partial charge in [0.25, 0.3) is 5.69 Å². The molecule has 2 rings (SSSR count). The van der Waals surface area contributed by atoms with Gasteiger partial charge in [0, 0.05) is 6.07 Å². The van der Waals surface area contributed by atoms with Crippen LogP contribution in [0.25, 0.3) is 11.0 Å². The Morgan fingerprint density at radius 2 is 2.31 bits per heavy atom. The van der Waals surface area contributed by atoms with E-state index in [1.165, 1.54) is 12.1 Å². The molecule has 0 radical (unpaired) electrons. The monoisotopic (exact) mass is 222 g/mol. The summed E-state index contributed by atoms with van der Waals surface area (Å²) in [4.78, 5) is 26.8. The summed E-state index contributed by atoms with van der Waals surface area (Å²) in [5, 5.41) is 21.1. The number of rotatable bonds is 2. The first kappa shape index (κ1) is 9.90. The van der Waals surface area contributed by atoms with Crippen molar-refractivity contribution in [3.05, 3.63) is 28.3 Å². The van der Waals surface area contributed by atoms with Gasteiger partial charge in [-0.2, -0.15) is 0 Å². The molecule has 1 aromatic carbocycles. The smallest absolute Gasteiger partial charge is 0.411 e. The van der Waals surface area contributed by atoms with Crippen LogP contribution in [-0.4, -0.2) is 26.1 Å². The van der Waals surface area contributed by atoms with Crippen molar-refractivity contribution in [2.75, 3.05) is 5.32 Å². The second-order valence-electron chi connectivity index (χ2n) is 2.95. The number of nitro groups is 1. The topological polar surface area (TPSA) is 121 Å². The quantitative estimate of drug-likeness (QED) is 0.525. The molecular formula is C8H6N4O4. The molecule has 0 bridgehead atoms. The van der Waals surface area contributed by atoms with Gasteiger partial charge in [0.15, 0.2) is 5.52 Å². The average molecular weight is 222 g/mol. The summed E-state index contributed by atoms with van der Waals surface area (Å²) in [5.74, 6) is -0.0446. The van der Waals surface area contributed by atoms with Crippen molar-refractivity contribution in [1.29, 1.82) is 0 Å². The number of benzene rings is 1. The van der Waals surface area contributed by atoms with E-state index in [4.69, 9.17) is 5.11 Å². The van der Waals surface area contributed by atoms with Gasteiger partial charge < -0.3 is 10.1 Å². The van der Waals surface area contributed by atoms with E-state index in [1.807, 2.05) is 5.32 Å². The van der Waals surface area contributed by atoms with Crippen LogP contribution in [-0.2, 0) is 0 Å². The second-order valence-corrected chi connectivity index (χ2v) is 2.95. The predicted octanol–water partition coefficient (Wildman–Crippen LogP) is 1.56. The molecule has 0 fully saturated rings. The van der Waals surface area contributed by atoms with Crippen LogP contribution in [0.2, 0.25) is 0 Å². The van der Waals surface area contributed by atoms with E-state index in [1.54, 1.807) is 6.07 Å². The molecule has 0 aliphatic carbocycles. The summed E-state index contributed by atoms with van der Waals surface area (Å²) in [5.41, 5.74) is 0.349. The van der Waals surface area contributed by atoms with Crippen molar-refractivity contribution in [3.63, 3.8) is 0 Å². The number of hydrogen-bond donors (Lipinski definition) is 3. The maximum Gasteiger partial charge on any atom is 0.411 e. The summed E-state index contributed by atoms with van der Waals surface area (Å²) in [6, 6.07) is 4.36. The number of carbonyl (C=O) groups is 1. The number of hydrogen-bond acceptors (Lipinski definition) is 4. The van der Waals surface area contributed by atoms with E-state index < -0.39 is 11.0 Å². The highest BCUT2D eigenvalue weighted by Gasteiger charge is 2.15. The van der Waals surface area contributed by atoms with E-state index in [9.17, 15) is 14.9 Å². The Labute approximate surface area is 88.1 Å². The average Bonchev–Trinajstić information content (AvgIpc) is 2.57. The lowest BCUT2D eigenvalue weighted by Gasteiger charge is -1.90. The van der Waals surface area contributed by atoms with E-state index in [0.29, 0.717) is 5.52 Å². The van der Waals surface area contributed by atoms with Gasteiger partial charge in [0.1, 0.15) is 0 Å². The number of nitrogens with zero attached hydrogens (tertiary/aromatic N) is 2. The van der Waals surface area contributed by atoms with Gasteiger partial charge in [-0.15, -0.1) is 0 Å². The predicted molar refractivity (Wildman–Crippen MR) is 54.4 cm³/mol. The number of aromatic nitrogens is 2. The number of nitrogens with one attached hydrogen (secondary N) is 2. The molecule has 1 amide bonds. The van der Waals surface area contributed by atoms with Gasteiger partial charge in [-0.05, 0) is 6.07 Å². The first-order valence-corrected chi connectivity index (χ1v) is 4.21. The maximum absolute atomic E-state index is 10.7. The number of non-ortho nitro benzene ring substituents is 1. The van der Waals surface area contributed by atoms with Gasteiger partial charge in [0.05, 0.1) is 10.4 Å². The van der Waals surface area contributed by atoms with Gasteiger partial charge in [0.2, 0.25) is 5.95 Å². The number of imidazole rings is 1. The Morgan fingerprint density at radius 3 is 2.94 bits per heavy atom. The number of carboxylic acid groups (broad SMARTS) is 1. The lowest BCUT2D eigenvalue weighted by atomic mass is 10.3. The Balaban J connectivity index is 2.56. The summed E-state index contributed by atoms with van der Waals surface area (Å²) < 4.78 is 0. The molecule has 82 valence electrons. The Bertz CT molecular complexity index is 576. The SMILES string of the molecule is O=C(O)Nc1nc2c([N+](=O)[O-])cccc2[nH]1. The third-order valence-electron chi connectivity index (χ3n) is 1.91. The van der Waals surface area contributed by atoms with E-state index in [-0.39, 0.29) is 17.2 Å². The van der Waals surface area contributed by atoms with Gasteiger partial charge in [-0.25, -0.2) is 9.78 Å². The molecule has 0 atom stereocenters. The molecule has 2 aromatic rings. The largest absolute Gasteiger partial charge is 0.465 e. The number of anilines is 1. The normalized spacial score (nSPS) is 10.2. The number of aromatic amines is 1. The standard InChI is InChI=1S/C8H6N4O4/c13-8(14)11-7-9-4-2-1-3-5(12(15)16)6(4)10-7/h1-3H,(H,13,14)(H2,9,10,11). The van der Waals surface area contributed by atoms with Gasteiger partial charge in [-0.1, -0.05) is 6.07 Å². The zero-order valence-corrected chi connectivity index (χ0v) is 7.80. The minimum Gasteiger partial charge on any atom is -0.465 e. The molecule has 0 saturated carbocycles. The Kier molecular flexibility index (Phi) is 2.16. The molecule has 8 nitrogen and oxygen atoms in total. The third kappa shape index (κ3) is 1.63. The zero-order chi connectivity index (χ0) is 11.7. The number of amides is 1. The van der Waals surface area contributed by atoms with Gasteiger partial charge >= 0.3 is 6.09 Å². The number of fused-ring (bicyclic) bond motifs is 1. The van der Waals surface area contributed by atoms with Crippen molar-refractivity contribution < 1.29 is 14.8 Å². The highest BCUT2D eigenvalue weighted by Crippen LogP contribution is 2.24. The molecule has 16 heavy (non-hydrogen) atoms. The van der Waals surface area contributed by atoms with E-state index in [0.717, 1.165) is 0 Å². The molecule has 0 spiro atoms. The Hall–Kier alpha value is -2.64. The lowest BCUT2D eigenvalue weighted by Crippen LogP contribution is -2.08. The van der Waals surface area contributed by atoms with Crippen molar-refractivity contribution in [2.24, 2.45) is 0 Å². The fourth-order valence-electron chi connectivity index (χ4n) is 1.32. The number of nitro benzene ring substituents is 1. The fourth-order valence-corrected chi connectivity index (χ4v) is 1.32. The summed E-state index contributed by atoms with van der Waals surface area (Å²) in [7, 11) is 0. The summed E-state index contributed by atoms with van der Waals surface area (Å²) in [6.07, 6.45) is -1.29. The molecule has 0 aliphatic rings. The molecule has 3 N–H and O–H groups in total. The second kappa shape index (κ2) is 3.50. The molecule has 0 saturated heterocycles. The molecule has 8 heteroatoms. The van der Waals surface area contributed by atoms with E-state index >= 15 is 0 Å². The number of H-pyrrole nitrogens is 1. The van der Waals surface area contributed by atoms with Crippen LogP contribution in [0.15, 0.2) is 18.2 Å². The fraction of sp³-hybridized carbons (Fsp3) is 0.